The molecule has 6 aromatic rings. The number of rotatable bonds is 12. The Morgan fingerprint density at radius 3 is 1.74 bits per heavy atom. The van der Waals surface area contributed by atoms with Gasteiger partial charge in [0.15, 0.2) is 73.5 Å². The number of nitrogens with one attached hydrogen (secondary N) is 2. The van der Waals surface area contributed by atoms with E-state index in [2.05, 4.69) is 42.0 Å². The summed E-state index contributed by atoms with van der Waals surface area (Å²) in [6, 6.07) is 5.98. The second-order valence-electron chi connectivity index (χ2n) is 18.0. The molecule has 2 amide bonds. The van der Waals surface area contributed by atoms with Gasteiger partial charge < -0.3 is 60.1 Å². The number of fused-ring (bicyclic) bond motifs is 4. The van der Waals surface area contributed by atoms with E-state index in [1.807, 2.05) is 9.13 Å². The molecule has 0 aliphatic carbocycles. The number of piperidine rings is 2. The number of nitrogens with two attached hydrogens (primary N) is 3. The van der Waals surface area contributed by atoms with Crippen LogP contribution in [0.1, 0.15) is 57.1 Å². The molecule has 0 saturated carbocycles. The zero-order valence-corrected chi connectivity index (χ0v) is 41.5. The Balaban J connectivity index is 0.000000201. The van der Waals surface area contributed by atoms with Gasteiger partial charge in [0, 0.05) is 61.2 Å². The molecule has 77 heavy (non-hydrogen) atoms. The summed E-state index contributed by atoms with van der Waals surface area (Å²) < 4.78 is 102. The maximum absolute atomic E-state index is 12.8. The number of carbonyl (C=O) groups excluding carboxylic acids is 2. The maximum atomic E-state index is 12.8. The molecule has 2 atom stereocenters. The second-order valence-corrected chi connectivity index (χ2v) is 20.0. The van der Waals surface area contributed by atoms with E-state index in [0.717, 1.165) is 0 Å². The number of imidazole rings is 2. The number of nitrogens with zero attached hydrogens (tertiary/aromatic N) is 11. The fraction of sp³-hybridized carbons (Fsp3) is 0.447. The van der Waals surface area contributed by atoms with Crippen molar-refractivity contribution >= 4 is 63.5 Å². The minimum absolute atomic E-state index is 0. The van der Waals surface area contributed by atoms with Gasteiger partial charge in [-0.05, 0) is 62.5 Å². The van der Waals surface area contributed by atoms with E-state index in [-0.39, 0.29) is 70.3 Å². The zero-order valence-electron chi connectivity index (χ0n) is 39.9. The van der Waals surface area contributed by atoms with Crippen molar-refractivity contribution in [3.05, 3.63) is 53.5 Å². The third-order valence-corrected chi connectivity index (χ3v) is 15.2. The van der Waals surface area contributed by atoms with Crippen LogP contribution in [0.2, 0.25) is 0 Å². The van der Waals surface area contributed by atoms with Crippen LogP contribution in [0.25, 0.3) is 22.3 Å². The molecular formula is C47H50F6N16O6S2. The molecule has 2 aromatic carbocycles. The molecule has 0 bridgehead atoms. The van der Waals surface area contributed by atoms with E-state index in [1.54, 1.807) is 24.3 Å². The number of alkyl halides is 6. The number of aromatic amines is 1. The Morgan fingerprint density at radius 1 is 0.740 bits per heavy atom. The van der Waals surface area contributed by atoms with Crippen LogP contribution >= 0.6 is 23.5 Å². The van der Waals surface area contributed by atoms with Crippen molar-refractivity contribution in [2.45, 2.75) is 104 Å². The number of hydrogen-bond acceptors (Lipinski definition) is 19. The van der Waals surface area contributed by atoms with Crippen LogP contribution in [0.4, 0.5) is 32.2 Å². The summed E-state index contributed by atoms with van der Waals surface area (Å²) in [6.45, 7) is 2.02. The lowest BCUT2D eigenvalue weighted by atomic mass is 9.93. The largest absolute Gasteiger partial charge is 0.454 e. The standard InChI is InChI=1S/2C23H23F3N8O3S.CH4/c24-23(25,26)18(28)21(35)33-4-1-12(2-5-33)3-6-34-10-30-19(29)17-20(34)32-22(31-17)38-16-8-15-14(36-11-37-15)7-13(16)9-27;24-23(25,26)18(28)21(35)33-4-1-12(2-5-33)3-6-34-20-17(19(29)30-10-31-20)32-22(34)38-16-8-15-14(36-11-37-15)7-13(16)9-27;/h7-8,10,12,18,29H,1-6,11,28H2,(H,31,32);7-8,10,12,18H,1-6,11,28H2,(H2,29,30,31);1H4. The van der Waals surface area contributed by atoms with Gasteiger partial charge in [-0.25, -0.2) is 24.9 Å². The molecule has 408 valence electrons. The first-order valence-electron chi connectivity index (χ1n) is 23.5. The number of nitrogen functional groups attached to an aromatic ring is 1. The number of ether oxygens (including phenoxy) is 4. The number of likely N-dealkylation sites (tertiary alicyclic amines) is 2. The number of halogens is 6. The Labute approximate surface area is 442 Å². The molecule has 4 aliphatic rings. The smallest absolute Gasteiger partial charge is 0.412 e. The molecule has 2 saturated heterocycles. The number of nitriles is 2. The van der Waals surface area contributed by atoms with E-state index in [9.17, 15) is 46.5 Å². The second kappa shape index (κ2) is 23.0. The van der Waals surface area contributed by atoms with Crippen LogP contribution in [0, 0.1) is 39.9 Å². The Kier molecular flexibility index (Phi) is 16.6. The van der Waals surface area contributed by atoms with Crippen molar-refractivity contribution < 1.29 is 54.9 Å². The first kappa shape index (κ1) is 55.7. The van der Waals surface area contributed by atoms with Gasteiger partial charge in [-0.1, -0.05) is 31.0 Å². The van der Waals surface area contributed by atoms with E-state index in [4.69, 9.17) is 41.6 Å². The fourth-order valence-electron chi connectivity index (χ4n) is 8.97. The van der Waals surface area contributed by atoms with Gasteiger partial charge in [0.1, 0.15) is 24.0 Å². The Morgan fingerprint density at radius 2 is 1.23 bits per heavy atom. The average molecular weight is 1110 g/mol. The quantitative estimate of drug-likeness (QED) is 0.0901. The van der Waals surface area contributed by atoms with Crippen LogP contribution in [-0.2, 0) is 22.7 Å². The number of anilines is 1. The van der Waals surface area contributed by atoms with Gasteiger partial charge in [0.2, 0.25) is 25.4 Å². The van der Waals surface area contributed by atoms with Gasteiger partial charge in [0.05, 0.1) is 17.5 Å². The zero-order chi connectivity index (χ0) is 54.1. The van der Waals surface area contributed by atoms with Crippen LogP contribution in [0.5, 0.6) is 23.0 Å². The summed E-state index contributed by atoms with van der Waals surface area (Å²) in [4.78, 5) is 52.7. The van der Waals surface area contributed by atoms with Gasteiger partial charge in [0.25, 0.3) is 0 Å². The molecule has 22 nitrogen and oxygen atoms in total. The maximum Gasteiger partial charge on any atom is 0.412 e. The molecule has 8 heterocycles. The average Bonchev–Trinajstić information content (AvgIpc) is 4.25. The van der Waals surface area contributed by atoms with Crippen molar-refractivity contribution in [1.29, 1.82) is 15.9 Å². The summed E-state index contributed by atoms with van der Waals surface area (Å²) in [7, 11) is 0. The SMILES string of the molecule is C.N#Cc1cc2c(cc1Sc1nc3c(N)ncnc3n1CCC1CCN(C(=O)C(N)C(F)(F)F)CC1)OCO2.N#Cc1cc2c(cc1Sc1nc3c([nH]1)c(=N)ncn3CCC1CCN(C(=O)C(N)C(F)(F)F)CC1)OCO2. The molecule has 4 aliphatic heterocycles. The number of aromatic nitrogens is 8. The van der Waals surface area contributed by atoms with Gasteiger partial charge in [-0.3, -0.25) is 15.0 Å². The van der Waals surface area contributed by atoms with Gasteiger partial charge in [-0.15, -0.1) is 0 Å². The van der Waals surface area contributed by atoms with Crippen molar-refractivity contribution in [3.8, 4) is 35.1 Å². The highest BCUT2D eigenvalue weighted by molar-refractivity contribution is 7.99. The lowest BCUT2D eigenvalue weighted by Gasteiger charge is -2.34. The molecular weight excluding hydrogens is 1060 g/mol. The normalized spacial score (nSPS) is 16.3. The lowest BCUT2D eigenvalue weighted by molar-refractivity contribution is -0.172. The molecule has 0 spiro atoms. The van der Waals surface area contributed by atoms with E-state index >= 15 is 0 Å². The Hall–Kier alpha value is -7.54. The number of benzene rings is 2. The highest BCUT2D eigenvalue weighted by Gasteiger charge is 2.45. The summed E-state index contributed by atoms with van der Waals surface area (Å²) in [5, 5.41) is 28.4. The monoisotopic (exact) mass is 1110 g/mol. The van der Waals surface area contributed by atoms with Crippen molar-refractivity contribution in [2.75, 3.05) is 45.5 Å². The van der Waals surface area contributed by atoms with Crippen LogP contribution < -0.4 is 41.6 Å². The van der Waals surface area contributed by atoms with E-state index < -0.39 is 36.3 Å². The van der Waals surface area contributed by atoms with E-state index in [1.165, 1.54) is 46.0 Å². The highest BCUT2D eigenvalue weighted by atomic mass is 32.2. The number of carbonyl (C=O) groups is 2. The summed E-state index contributed by atoms with van der Waals surface area (Å²) >= 11 is 2.48. The highest BCUT2D eigenvalue weighted by Crippen LogP contribution is 2.42. The third-order valence-electron chi connectivity index (χ3n) is 13.3. The summed E-state index contributed by atoms with van der Waals surface area (Å²) in [6.07, 6.45) is -3.07. The molecule has 2 fully saturated rings. The topological polar surface area (TPSA) is 317 Å². The number of aryl methyl sites for hydroxylation is 2. The summed E-state index contributed by atoms with van der Waals surface area (Å²) in [5.41, 5.74) is 18.9. The van der Waals surface area contributed by atoms with Crippen molar-refractivity contribution in [2.24, 2.45) is 23.3 Å². The molecule has 10 rings (SSSR count). The van der Waals surface area contributed by atoms with Crippen molar-refractivity contribution in [1.82, 2.24) is 48.8 Å². The third kappa shape index (κ3) is 12.2. The van der Waals surface area contributed by atoms with E-state index in [0.29, 0.717) is 128 Å². The minimum atomic E-state index is -4.77. The Bertz CT molecular complexity index is 3320. The summed E-state index contributed by atoms with van der Waals surface area (Å²) in [5.74, 6) is 0.448. The first-order chi connectivity index (χ1) is 36.3. The first-order valence-corrected chi connectivity index (χ1v) is 25.1. The number of amides is 2. The lowest BCUT2D eigenvalue weighted by Crippen LogP contribution is -2.53. The van der Waals surface area contributed by atoms with Crippen LogP contribution in [0.3, 0.4) is 0 Å². The van der Waals surface area contributed by atoms with Gasteiger partial charge >= 0.3 is 12.4 Å². The van der Waals surface area contributed by atoms with Crippen LogP contribution in [-0.4, -0.2) is 125 Å². The molecule has 4 aromatic heterocycles. The minimum Gasteiger partial charge on any atom is -0.454 e. The number of hydrogen-bond donors (Lipinski definition) is 5. The van der Waals surface area contributed by atoms with Crippen LogP contribution in [0.15, 0.2) is 57.0 Å². The predicted octanol–water partition coefficient (Wildman–Crippen LogP) is 5.82. The molecule has 8 N–H and O–H groups in total. The fourth-order valence-corrected chi connectivity index (χ4v) is 10.8. The van der Waals surface area contributed by atoms with Gasteiger partial charge in [-0.2, -0.15) is 36.9 Å². The molecule has 2 unspecified atom stereocenters. The molecule has 30 heteroatoms. The number of H-pyrrole nitrogens is 1. The predicted molar refractivity (Wildman–Crippen MR) is 263 cm³/mol. The van der Waals surface area contributed by atoms with Crippen molar-refractivity contribution in [3.63, 3.8) is 0 Å². The molecule has 0 radical (unpaired) electrons.